The van der Waals surface area contributed by atoms with Crippen molar-refractivity contribution >= 4 is 21.9 Å². The average molecular weight is 284 g/mol. The van der Waals surface area contributed by atoms with Crippen molar-refractivity contribution in [1.29, 1.82) is 0 Å². The third-order valence-corrected chi connectivity index (χ3v) is 3.63. The van der Waals surface area contributed by atoms with Gasteiger partial charge in [-0.05, 0) is 38.2 Å². The summed E-state index contributed by atoms with van der Waals surface area (Å²) >= 11 is 3.48. The Morgan fingerprint density at radius 3 is 2.56 bits per heavy atom. The average Bonchev–Trinajstić information content (AvgIpc) is 2.23. The van der Waals surface area contributed by atoms with Crippen LogP contribution in [0.1, 0.15) is 31.2 Å². The van der Waals surface area contributed by atoms with Gasteiger partial charge >= 0.3 is 0 Å². The molecule has 0 radical (unpaired) electrons. The lowest BCUT2D eigenvalue weighted by Gasteiger charge is -2.37. The van der Waals surface area contributed by atoms with Crippen LogP contribution in [0.4, 0.5) is 5.95 Å². The van der Waals surface area contributed by atoms with E-state index in [2.05, 4.69) is 30.8 Å². The van der Waals surface area contributed by atoms with Crippen LogP contribution in [0, 0.1) is 6.92 Å². The highest BCUT2D eigenvalue weighted by Crippen LogP contribution is 2.27. The molecule has 0 aliphatic heterocycles. The van der Waals surface area contributed by atoms with Gasteiger partial charge in [0.05, 0.1) is 0 Å². The Morgan fingerprint density at radius 2 is 2.06 bits per heavy atom. The molecule has 2 rings (SSSR count). The smallest absolute Gasteiger partial charge is 0.225 e. The van der Waals surface area contributed by atoms with Gasteiger partial charge in [0.2, 0.25) is 5.95 Å². The minimum atomic E-state index is 0.668. The molecule has 1 saturated carbocycles. The lowest BCUT2D eigenvalue weighted by atomic mass is 9.91. The van der Waals surface area contributed by atoms with Crippen molar-refractivity contribution in [3.8, 4) is 0 Å². The largest absolute Gasteiger partial charge is 0.338 e. The van der Waals surface area contributed by atoms with Crippen LogP contribution in [0.15, 0.2) is 12.4 Å². The fourth-order valence-corrected chi connectivity index (χ4v) is 2.16. The number of aromatic nitrogens is 2. The molecule has 0 unspecified atom stereocenters. The van der Waals surface area contributed by atoms with Gasteiger partial charge in [0.15, 0.2) is 0 Å². The molecule has 0 N–H and O–H groups in total. The molecule has 0 atom stereocenters. The predicted octanol–water partition coefficient (Wildman–Crippen LogP) is 2.93. The number of nitrogens with zero attached hydrogens (tertiary/aromatic N) is 3. The highest BCUT2D eigenvalue weighted by atomic mass is 79.9. The molecule has 0 bridgehead atoms. The Hall–Kier alpha value is -0.640. The van der Waals surface area contributed by atoms with Crippen molar-refractivity contribution in [3.63, 3.8) is 0 Å². The number of aryl methyl sites for hydroxylation is 1. The quantitative estimate of drug-likeness (QED) is 0.778. The second kappa shape index (κ2) is 5.62. The van der Waals surface area contributed by atoms with Gasteiger partial charge in [-0.2, -0.15) is 0 Å². The molecule has 1 aromatic rings. The fourth-order valence-electron chi connectivity index (χ4n) is 1.91. The molecule has 4 heteroatoms. The maximum absolute atomic E-state index is 4.43. The summed E-state index contributed by atoms with van der Waals surface area (Å²) in [6.45, 7) is 3.08. The molecule has 0 spiro atoms. The van der Waals surface area contributed by atoms with Gasteiger partial charge in [-0.1, -0.05) is 15.9 Å². The highest BCUT2D eigenvalue weighted by Gasteiger charge is 2.26. The van der Waals surface area contributed by atoms with Crippen molar-refractivity contribution in [2.45, 2.75) is 38.6 Å². The van der Waals surface area contributed by atoms with E-state index < -0.39 is 0 Å². The third-order valence-electron chi connectivity index (χ3n) is 3.07. The standard InChI is InChI=1S/C12H18BrN3/c1-10-8-14-12(15-9-10)16(7-3-6-13)11-4-2-5-11/h8-9,11H,2-7H2,1H3. The number of rotatable bonds is 5. The Labute approximate surface area is 105 Å². The zero-order chi connectivity index (χ0) is 11.4. The normalized spacial score (nSPS) is 15.9. The van der Waals surface area contributed by atoms with E-state index in [1.807, 2.05) is 19.3 Å². The van der Waals surface area contributed by atoms with E-state index in [4.69, 9.17) is 0 Å². The lowest BCUT2D eigenvalue weighted by Crippen LogP contribution is -2.42. The Balaban J connectivity index is 2.07. The van der Waals surface area contributed by atoms with Crippen molar-refractivity contribution in [2.24, 2.45) is 0 Å². The zero-order valence-corrected chi connectivity index (χ0v) is 11.3. The summed E-state index contributed by atoms with van der Waals surface area (Å²) in [6.07, 6.45) is 8.89. The first kappa shape index (κ1) is 11.8. The van der Waals surface area contributed by atoms with Crippen LogP contribution in [0.25, 0.3) is 0 Å². The van der Waals surface area contributed by atoms with Crippen molar-refractivity contribution < 1.29 is 0 Å². The van der Waals surface area contributed by atoms with Crippen LogP contribution in [0.5, 0.6) is 0 Å². The minimum Gasteiger partial charge on any atom is -0.338 e. The van der Waals surface area contributed by atoms with Crippen LogP contribution in [-0.4, -0.2) is 27.9 Å². The van der Waals surface area contributed by atoms with Gasteiger partial charge < -0.3 is 4.90 Å². The van der Waals surface area contributed by atoms with E-state index in [9.17, 15) is 0 Å². The fraction of sp³-hybridized carbons (Fsp3) is 0.667. The van der Waals surface area contributed by atoms with Crippen LogP contribution >= 0.6 is 15.9 Å². The molecule has 0 amide bonds. The van der Waals surface area contributed by atoms with E-state index in [-0.39, 0.29) is 0 Å². The van der Waals surface area contributed by atoms with Gasteiger partial charge in [-0.15, -0.1) is 0 Å². The van der Waals surface area contributed by atoms with Crippen LogP contribution in [0.3, 0.4) is 0 Å². The number of halogens is 1. The molecule has 1 aliphatic rings. The summed E-state index contributed by atoms with van der Waals surface area (Å²) in [5.74, 6) is 0.899. The lowest BCUT2D eigenvalue weighted by molar-refractivity contribution is 0.381. The minimum absolute atomic E-state index is 0.668. The monoisotopic (exact) mass is 283 g/mol. The van der Waals surface area contributed by atoms with E-state index in [1.54, 1.807) is 0 Å². The van der Waals surface area contributed by atoms with Crippen LogP contribution in [0.2, 0.25) is 0 Å². The molecular weight excluding hydrogens is 266 g/mol. The summed E-state index contributed by atoms with van der Waals surface area (Å²) < 4.78 is 0. The SMILES string of the molecule is Cc1cnc(N(CCCBr)C2CCC2)nc1. The molecule has 3 nitrogen and oxygen atoms in total. The molecular formula is C12H18BrN3. The summed E-state index contributed by atoms with van der Waals surface area (Å²) in [5, 5.41) is 1.04. The number of hydrogen-bond acceptors (Lipinski definition) is 3. The van der Waals surface area contributed by atoms with Gasteiger partial charge in [0, 0.05) is 30.3 Å². The summed E-state index contributed by atoms with van der Waals surface area (Å²) in [6, 6.07) is 0.668. The van der Waals surface area contributed by atoms with Crippen molar-refractivity contribution in [1.82, 2.24) is 9.97 Å². The molecule has 1 fully saturated rings. The molecule has 16 heavy (non-hydrogen) atoms. The topological polar surface area (TPSA) is 29.0 Å². The molecule has 1 aromatic heterocycles. The first-order chi connectivity index (χ1) is 7.81. The van der Waals surface area contributed by atoms with E-state index in [0.29, 0.717) is 6.04 Å². The van der Waals surface area contributed by atoms with E-state index >= 15 is 0 Å². The Morgan fingerprint density at radius 1 is 1.38 bits per heavy atom. The Kier molecular flexibility index (Phi) is 4.16. The molecule has 1 aliphatic carbocycles. The maximum atomic E-state index is 4.43. The van der Waals surface area contributed by atoms with Gasteiger partial charge in [-0.3, -0.25) is 0 Å². The highest BCUT2D eigenvalue weighted by molar-refractivity contribution is 9.09. The first-order valence-corrected chi connectivity index (χ1v) is 7.04. The number of hydrogen-bond donors (Lipinski definition) is 0. The van der Waals surface area contributed by atoms with Gasteiger partial charge in [0.1, 0.15) is 0 Å². The van der Waals surface area contributed by atoms with Crippen LogP contribution < -0.4 is 4.90 Å². The molecule has 0 saturated heterocycles. The summed E-state index contributed by atoms with van der Waals surface area (Å²) in [4.78, 5) is 11.2. The molecule has 1 heterocycles. The van der Waals surface area contributed by atoms with Crippen molar-refractivity contribution in [2.75, 3.05) is 16.8 Å². The van der Waals surface area contributed by atoms with E-state index in [1.165, 1.54) is 19.3 Å². The second-order valence-electron chi connectivity index (χ2n) is 4.38. The van der Waals surface area contributed by atoms with Crippen LogP contribution in [-0.2, 0) is 0 Å². The van der Waals surface area contributed by atoms with Gasteiger partial charge in [-0.25, -0.2) is 9.97 Å². The summed E-state index contributed by atoms with van der Waals surface area (Å²) in [7, 11) is 0. The second-order valence-corrected chi connectivity index (χ2v) is 5.17. The Bertz CT molecular complexity index is 322. The third kappa shape index (κ3) is 2.73. The molecule has 88 valence electrons. The number of alkyl halides is 1. The predicted molar refractivity (Wildman–Crippen MR) is 70.2 cm³/mol. The number of anilines is 1. The maximum Gasteiger partial charge on any atom is 0.225 e. The van der Waals surface area contributed by atoms with Gasteiger partial charge in [0.25, 0.3) is 0 Å². The van der Waals surface area contributed by atoms with Crippen molar-refractivity contribution in [3.05, 3.63) is 18.0 Å². The molecule has 0 aromatic carbocycles. The first-order valence-electron chi connectivity index (χ1n) is 5.92. The zero-order valence-electron chi connectivity index (χ0n) is 9.69. The summed E-state index contributed by atoms with van der Waals surface area (Å²) in [5.41, 5.74) is 1.12. The van der Waals surface area contributed by atoms with E-state index in [0.717, 1.165) is 29.8 Å².